The van der Waals surface area contributed by atoms with Crippen molar-refractivity contribution in [1.29, 1.82) is 0 Å². The number of aromatic nitrogens is 2. The van der Waals surface area contributed by atoms with Crippen molar-refractivity contribution in [3.8, 4) is 0 Å². The summed E-state index contributed by atoms with van der Waals surface area (Å²) in [4.78, 5) is 8.64. The molecular weight excluding hydrogens is 186 g/mol. The maximum atomic E-state index is 4.32. The monoisotopic (exact) mass is 205 g/mol. The Morgan fingerprint density at radius 3 is 2.47 bits per heavy atom. The molecule has 0 spiro atoms. The third-order valence-electron chi connectivity index (χ3n) is 3.05. The zero-order valence-electron chi connectivity index (χ0n) is 9.37. The molecule has 15 heavy (non-hydrogen) atoms. The molecule has 1 aromatic rings. The molecule has 0 atom stereocenters. The summed E-state index contributed by atoms with van der Waals surface area (Å²) in [5, 5.41) is 3.41. The molecule has 1 fully saturated rings. The van der Waals surface area contributed by atoms with Crippen LogP contribution in [0.2, 0.25) is 0 Å². The van der Waals surface area contributed by atoms with Crippen LogP contribution in [0.5, 0.6) is 0 Å². The summed E-state index contributed by atoms with van der Waals surface area (Å²) >= 11 is 0. The van der Waals surface area contributed by atoms with Crippen LogP contribution in [0.15, 0.2) is 12.4 Å². The number of rotatable bonds is 3. The largest absolute Gasteiger partial charge is 0.351 e. The average Bonchev–Trinajstić information content (AvgIpc) is 2.31. The van der Waals surface area contributed by atoms with E-state index in [-0.39, 0.29) is 0 Å². The van der Waals surface area contributed by atoms with Gasteiger partial charge < -0.3 is 5.32 Å². The second-order valence-electron chi connectivity index (χ2n) is 4.25. The predicted molar refractivity (Wildman–Crippen MR) is 61.9 cm³/mol. The minimum atomic E-state index is 0.589. The van der Waals surface area contributed by atoms with E-state index >= 15 is 0 Å². The number of aryl methyl sites for hydroxylation is 1. The van der Waals surface area contributed by atoms with Crippen LogP contribution in [-0.2, 0) is 6.42 Å². The van der Waals surface area contributed by atoms with Gasteiger partial charge in [0.05, 0.1) is 0 Å². The Balaban J connectivity index is 1.91. The van der Waals surface area contributed by atoms with Crippen LogP contribution in [0.1, 0.15) is 44.6 Å². The fourth-order valence-corrected chi connectivity index (χ4v) is 2.04. The molecule has 1 saturated carbocycles. The van der Waals surface area contributed by atoms with Crippen LogP contribution < -0.4 is 5.32 Å². The van der Waals surface area contributed by atoms with Gasteiger partial charge in [0.1, 0.15) is 0 Å². The molecule has 0 aliphatic heterocycles. The minimum Gasteiger partial charge on any atom is -0.351 e. The number of nitrogens with one attached hydrogen (secondary N) is 1. The summed E-state index contributed by atoms with van der Waals surface area (Å²) in [6.45, 7) is 2.12. The molecule has 0 saturated heterocycles. The minimum absolute atomic E-state index is 0.589. The van der Waals surface area contributed by atoms with E-state index < -0.39 is 0 Å². The van der Waals surface area contributed by atoms with Gasteiger partial charge >= 0.3 is 0 Å². The van der Waals surface area contributed by atoms with Crippen LogP contribution >= 0.6 is 0 Å². The number of nitrogens with zero attached hydrogens (tertiary/aromatic N) is 2. The van der Waals surface area contributed by atoms with E-state index in [1.807, 2.05) is 12.4 Å². The molecule has 0 aromatic carbocycles. The third-order valence-corrected chi connectivity index (χ3v) is 3.05. The standard InChI is InChI=1S/C12H19N3/c1-2-10-8-13-12(14-9-10)15-11-6-4-3-5-7-11/h8-9,11H,2-7H2,1H3,(H,13,14,15). The fraction of sp³-hybridized carbons (Fsp3) is 0.667. The molecular formula is C12H19N3. The van der Waals surface area contributed by atoms with Crippen LogP contribution in [0.3, 0.4) is 0 Å². The molecule has 0 bridgehead atoms. The lowest BCUT2D eigenvalue weighted by molar-refractivity contribution is 0.461. The maximum Gasteiger partial charge on any atom is 0.222 e. The van der Waals surface area contributed by atoms with E-state index in [0.29, 0.717) is 6.04 Å². The lowest BCUT2D eigenvalue weighted by Gasteiger charge is -2.22. The smallest absolute Gasteiger partial charge is 0.222 e. The first kappa shape index (κ1) is 10.4. The topological polar surface area (TPSA) is 37.8 Å². The maximum absolute atomic E-state index is 4.32. The highest BCUT2D eigenvalue weighted by molar-refractivity contribution is 5.26. The van der Waals surface area contributed by atoms with Gasteiger partial charge in [0.2, 0.25) is 5.95 Å². The summed E-state index contributed by atoms with van der Waals surface area (Å²) < 4.78 is 0. The lowest BCUT2D eigenvalue weighted by atomic mass is 9.96. The number of hydrogen-bond acceptors (Lipinski definition) is 3. The Morgan fingerprint density at radius 1 is 1.20 bits per heavy atom. The van der Waals surface area contributed by atoms with Crippen molar-refractivity contribution < 1.29 is 0 Å². The molecule has 3 nitrogen and oxygen atoms in total. The average molecular weight is 205 g/mol. The molecule has 1 aliphatic carbocycles. The number of anilines is 1. The molecule has 0 unspecified atom stereocenters. The zero-order chi connectivity index (χ0) is 10.5. The van der Waals surface area contributed by atoms with E-state index in [1.165, 1.54) is 37.7 Å². The second kappa shape index (κ2) is 5.10. The highest BCUT2D eigenvalue weighted by Gasteiger charge is 2.13. The predicted octanol–water partition coefficient (Wildman–Crippen LogP) is 2.78. The van der Waals surface area contributed by atoms with Crippen molar-refractivity contribution in [2.45, 2.75) is 51.5 Å². The van der Waals surface area contributed by atoms with Gasteiger partial charge in [-0.2, -0.15) is 0 Å². The van der Waals surface area contributed by atoms with E-state index in [4.69, 9.17) is 0 Å². The molecule has 0 radical (unpaired) electrons. The number of hydrogen-bond donors (Lipinski definition) is 1. The molecule has 1 aliphatic rings. The van der Waals surface area contributed by atoms with Gasteiger partial charge in [-0.1, -0.05) is 26.2 Å². The molecule has 1 aromatic heterocycles. The quantitative estimate of drug-likeness (QED) is 0.824. The fourth-order valence-electron chi connectivity index (χ4n) is 2.04. The van der Waals surface area contributed by atoms with Gasteiger partial charge in [0.15, 0.2) is 0 Å². The SMILES string of the molecule is CCc1cnc(NC2CCCCC2)nc1. The van der Waals surface area contributed by atoms with Gasteiger partial charge in [-0.3, -0.25) is 0 Å². The van der Waals surface area contributed by atoms with Crippen molar-refractivity contribution in [2.75, 3.05) is 5.32 Å². The summed E-state index contributed by atoms with van der Waals surface area (Å²) in [5.41, 5.74) is 1.20. The van der Waals surface area contributed by atoms with Crippen LogP contribution in [0.25, 0.3) is 0 Å². The van der Waals surface area contributed by atoms with Gasteiger partial charge in [-0.05, 0) is 24.8 Å². The van der Waals surface area contributed by atoms with Crippen molar-refractivity contribution in [2.24, 2.45) is 0 Å². The summed E-state index contributed by atoms with van der Waals surface area (Å²) in [6.07, 6.45) is 11.4. The Hall–Kier alpha value is -1.12. The van der Waals surface area contributed by atoms with Gasteiger partial charge in [-0.15, -0.1) is 0 Å². The Labute approximate surface area is 91.3 Å². The molecule has 1 N–H and O–H groups in total. The van der Waals surface area contributed by atoms with Crippen molar-refractivity contribution in [3.05, 3.63) is 18.0 Å². The first-order chi connectivity index (χ1) is 7.38. The Kier molecular flexibility index (Phi) is 3.54. The lowest BCUT2D eigenvalue weighted by Crippen LogP contribution is -2.23. The highest BCUT2D eigenvalue weighted by Crippen LogP contribution is 2.19. The van der Waals surface area contributed by atoms with E-state index in [1.54, 1.807) is 0 Å². The summed E-state index contributed by atoms with van der Waals surface area (Å²) in [7, 11) is 0. The molecule has 82 valence electrons. The first-order valence-corrected chi connectivity index (χ1v) is 5.96. The van der Waals surface area contributed by atoms with Crippen LogP contribution in [0.4, 0.5) is 5.95 Å². The highest BCUT2D eigenvalue weighted by atomic mass is 15.1. The van der Waals surface area contributed by atoms with E-state index in [9.17, 15) is 0 Å². The van der Waals surface area contributed by atoms with Crippen molar-refractivity contribution in [3.63, 3.8) is 0 Å². The molecule has 3 heteroatoms. The van der Waals surface area contributed by atoms with Crippen LogP contribution in [-0.4, -0.2) is 16.0 Å². The molecule has 1 heterocycles. The van der Waals surface area contributed by atoms with E-state index in [2.05, 4.69) is 22.2 Å². The second-order valence-corrected chi connectivity index (χ2v) is 4.25. The molecule has 2 rings (SSSR count). The Morgan fingerprint density at radius 2 is 1.87 bits per heavy atom. The van der Waals surface area contributed by atoms with Gasteiger partial charge in [0.25, 0.3) is 0 Å². The van der Waals surface area contributed by atoms with E-state index in [0.717, 1.165) is 12.4 Å². The van der Waals surface area contributed by atoms with Crippen molar-refractivity contribution >= 4 is 5.95 Å². The zero-order valence-corrected chi connectivity index (χ0v) is 9.37. The Bertz CT molecular complexity index is 288. The normalized spacial score (nSPS) is 17.7. The van der Waals surface area contributed by atoms with Gasteiger partial charge in [0, 0.05) is 18.4 Å². The summed E-state index contributed by atoms with van der Waals surface area (Å²) in [5.74, 6) is 0.791. The van der Waals surface area contributed by atoms with Crippen molar-refractivity contribution in [1.82, 2.24) is 9.97 Å². The molecule has 0 amide bonds. The third kappa shape index (κ3) is 2.91. The van der Waals surface area contributed by atoms with Gasteiger partial charge in [-0.25, -0.2) is 9.97 Å². The first-order valence-electron chi connectivity index (χ1n) is 5.96. The van der Waals surface area contributed by atoms with Crippen LogP contribution in [0, 0.1) is 0 Å². The summed E-state index contributed by atoms with van der Waals surface area (Å²) in [6, 6.07) is 0.589.